The Hall–Kier alpha value is -1.49. The lowest BCUT2D eigenvalue weighted by Gasteiger charge is -2.07. The maximum Gasteiger partial charge on any atom is 0.170 e. The van der Waals surface area contributed by atoms with E-state index >= 15 is 0 Å². The van der Waals surface area contributed by atoms with Gasteiger partial charge in [-0.15, -0.1) is 0 Å². The number of benzene rings is 1. The molecule has 1 aromatic carbocycles. The molecule has 0 aromatic heterocycles. The maximum atomic E-state index is 11.8. The van der Waals surface area contributed by atoms with Gasteiger partial charge in [-0.2, -0.15) is 0 Å². The van der Waals surface area contributed by atoms with E-state index in [9.17, 15) is 4.39 Å². The largest absolute Gasteiger partial charge is 0.489 e. The van der Waals surface area contributed by atoms with E-state index in [2.05, 4.69) is 5.16 Å². The summed E-state index contributed by atoms with van der Waals surface area (Å²) < 4.78 is 16.8. The zero-order valence-corrected chi connectivity index (χ0v) is 8.54. The SMILES string of the molecule is N/C(=N/O)c1ccc(OCCF)c(Cl)c1. The lowest BCUT2D eigenvalue weighted by molar-refractivity contribution is 0.273. The molecule has 0 saturated carbocycles. The smallest absolute Gasteiger partial charge is 0.170 e. The summed E-state index contributed by atoms with van der Waals surface area (Å²) in [6.45, 7) is -0.638. The highest BCUT2D eigenvalue weighted by atomic mass is 35.5. The number of hydrogen-bond donors (Lipinski definition) is 2. The third kappa shape index (κ3) is 2.99. The summed E-state index contributed by atoms with van der Waals surface area (Å²) >= 11 is 5.83. The molecular formula is C9H10ClFN2O2. The number of rotatable bonds is 4. The van der Waals surface area contributed by atoms with E-state index in [1.54, 1.807) is 6.07 Å². The molecule has 15 heavy (non-hydrogen) atoms. The van der Waals surface area contributed by atoms with Crippen LogP contribution in [0.3, 0.4) is 0 Å². The van der Waals surface area contributed by atoms with Crippen molar-refractivity contribution in [3.63, 3.8) is 0 Å². The summed E-state index contributed by atoms with van der Waals surface area (Å²) in [5.41, 5.74) is 5.82. The molecule has 1 aromatic rings. The molecule has 0 aliphatic carbocycles. The number of amidine groups is 1. The first-order chi connectivity index (χ1) is 7.19. The normalized spacial score (nSPS) is 11.5. The van der Waals surface area contributed by atoms with Crippen LogP contribution in [0.5, 0.6) is 5.75 Å². The summed E-state index contributed by atoms with van der Waals surface area (Å²) in [7, 11) is 0. The van der Waals surface area contributed by atoms with Crippen LogP contribution in [0.4, 0.5) is 4.39 Å². The number of hydrogen-bond acceptors (Lipinski definition) is 3. The molecule has 3 N–H and O–H groups in total. The monoisotopic (exact) mass is 232 g/mol. The van der Waals surface area contributed by atoms with Crippen LogP contribution in [0.25, 0.3) is 0 Å². The number of halogens is 2. The molecule has 0 bridgehead atoms. The Kier molecular flexibility index (Phi) is 4.17. The molecule has 0 heterocycles. The van der Waals surface area contributed by atoms with Gasteiger partial charge in [0.1, 0.15) is 19.0 Å². The van der Waals surface area contributed by atoms with Gasteiger partial charge in [0.05, 0.1) is 5.02 Å². The third-order valence-electron chi connectivity index (χ3n) is 1.67. The van der Waals surface area contributed by atoms with Crippen molar-refractivity contribution >= 4 is 17.4 Å². The van der Waals surface area contributed by atoms with Gasteiger partial charge in [-0.25, -0.2) is 4.39 Å². The van der Waals surface area contributed by atoms with Crippen LogP contribution >= 0.6 is 11.6 Å². The molecule has 4 nitrogen and oxygen atoms in total. The molecule has 1 rings (SSSR count). The van der Waals surface area contributed by atoms with Gasteiger partial charge in [-0.1, -0.05) is 16.8 Å². The van der Waals surface area contributed by atoms with E-state index in [1.165, 1.54) is 12.1 Å². The van der Waals surface area contributed by atoms with E-state index in [0.29, 0.717) is 11.3 Å². The van der Waals surface area contributed by atoms with E-state index in [-0.39, 0.29) is 17.5 Å². The fraction of sp³-hybridized carbons (Fsp3) is 0.222. The molecule has 0 spiro atoms. The first-order valence-corrected chi connectivity index (χ1v) is 4.53. The Balaban J connectivity index is 2.88. The molecule has 0 aliphatic rings. The Morgan fingerprint density at radius 2 is 2.33 bits per heavy atom. The molecule has 0 radical (unpaired) electrons. The first-order valence-electron chi connectivity index (χ1n) is 4.15. The highest BCUT2D eigenvalue weighted by molar-refractivity contribution is 6.32. The van der Waals surface area contributed by atoms with Crippen molar-refractivity contribution in [1.29, 1.82) is 0 Å². The molecule has 0 atom stereocenters. The van der Waals surface area contributed by atoms with Crippen molar-refractivity contribution in [2.45, 2.75) is 0 Å². The fourth-order valence-electron chi connectivity index (χ4n) is 0.983. The standard InChI is InChI=1S/C9H10ClFN2O2/c10-7-5-6(9(12)13-14)1-2-8(7)15-4-3-11/h1-2,5,14H,3-4H2,(H2,12,13). The fourth-order valence-corrected chi connectivity index (χ4v) is 1.22. The second-order valence-electron chi connectivity index (χ2n) is 2.67. The minimum atomic E-state index is -0.585. The van der Waals surface area contributed by atoms with Gasteiger partial charge < -0.3 is 15.7 Å². The minimum absolute atomic E-state index is 0.0473. The Morgan fingerprint density at radius 1 is 1.60 bits per heavy atom. The zero-order chi connectivity index (χ0) is 11.3. The van der Waals surface area contributed by atoms with Gasteiger partial charge in [0.2, 0.25) is 0 Å². The summed E-state index contributed by atoms with van der Waals surface area (Å²) in [5.74, 6) is 0.317. The van der Waals surface area contributed by atoms with Crippen molar-refractivity contribution in [2.24, 2.45) is 10.9 Å². The average Bonchev–Trinajstić information content (AvgIpc) is 2.26. The Morgan fingerprint density at radius 3 is 2.87 bits per heavy atom. The van der Waals surface area contributed by atoms with Crippen LogP contribution in [0.1, 0.15) is 5.56 Å². The topological polar surface area (TPSA) is 67.8 Å². The van der Waals surface area contributed by atoms with Crippen molar-refractivity contribution in [3.05, 3.63) is 28.8 Å². The number of oxime groups is 1. The lowest BCUT2D eigenvalue weighted by atomic mass is 10.2. The predicted molar refractivity (Wildman–Crippen MR) is 55.4 cm³/mol. The van der Waals surface area contributed by atoms with Gasteiger partial charge in [0, 0.05) is 5.56 Å². The second-order valence-corrected chi connectivity index (χ2v) is 3.08. The van der Waals surface area contributed by atoms with Crippen molar-refractivity contribution in [1.82, 2.24) is 0 Å². The quantitative estimate of drug-likeness (QED) is 0.360. The summed E-state index contributed by atoms with van der Waals surface area (Å²) in [4.78, 5) is 0. The Labute approximate surface area is 91.1 Å². The van der Waals surface area contributed by atoms with E-state index in [1.807, 2.05) is 0 Å². The van der Waals surface area contributed by atoms with Crippen LogP contribution in [-0.4, -0.2) is 24.3 Å². The lowest BCUT2D eigenvalue weighted by Crippen LogP contribution is -2.13. The number of alkyl halides is 1. The predicted octanol–water partition coefficient (Wildman–Crippen LogP) is 1.78. The molecular weight excluding hydrogens is 223 g/mol. The van der Waals surface area contributed by atoms with Crippen molar-refractivity contribution in [2.75, 3.05) is 13.3 Å². The number of ether oxygens (including phenoxy) is 1. The number of nitrogens with zero attached hydrogens (tertiary/aromatic N) is 1. The summed E-state index contributed by atoms with van der Waals surface area (Å²) in [6.07, 6.45) is 0. The molecule has 0 fully saturated rings. The number of nitrogens with two attached hydrogens (primary N) is 1. The Bertz CT molecular complexity index is 371. The highest BCUT2D eigenvalue weighted by Gasteiger charge is 2.05. The van der Waals surface area contributed by atoms with Gasteiger partial charge in [0.15, 0.2) is 5.84 Å². The second kappa shape index (κ2) is 5.41. The van der Waals surface area contributed by atoms with Gasteiger partial charge in [0.25, 0.3) is 0 Å². The highest BCUT2D eigenvalue weighted by Crippen LogP contribution is 2.25. The van der Waals surface area contributed by atoms with Gasteiger partial charge >= 0.3 is 0 Å². The van der Waals surface area contributed by atoms with Gasteiger partial charge in [-0.05, 0) is 18.2 Å². The van der Waals surface area contributed by atoms with E-state index in [0.717, 1.165) is 0 Å². The molecule has 0 amide bonds. The molecule has 0 saturated heterocycles. The van der Waals surface area contributed by atoms with E-state index < -0.39 is 6.67 Å². The molecule has 0 unspecified atom stereocenters. The van der Waals surface area contributed by atoms with Crippen molar-refractivity contribution < 1.29 is 14.3 Å². The molecule has 82 valence electrons. The van der Waals surface area contributed by atoms with Crippen LogP contribution in [0.2, 0.25) is 5.02 Å². The van der Waals surface area contributed by atoms with Gasteiger partial charge in [-0.3, -0.25) is 0 Å². The van der Waals surface area contributed by atoms with Crippen LogP contribution in [0.15, 0.2) is 23.4 Å². The van der Waals surface area contributed by atoms with Crippen LogP contribution in [0, 0.1) is 0 Å². The zero-order valence-electron chi connectivity index (χ0n) is 7.78. The summed E-state index contributed by atoms with van der Waals surface area (Å²) in [5, 5.41) is 11.5. The van der Waals surface area contributed by atoms with Crippen LogP contribution < -0.4 is 10.5 Å². The molecule has 6 heteroatoms. The summed E-state index contributed by atoms with van der Waals surface area (Å²) in [6, 6.07) is 4.57. The minimum Gasteiger partial charge on any atom is -0.489 e. The third-order valence-corrected chi connectivity index (χ3v) is 1.97. The average molecular weight is 233 g/mol. The van der Waals surface area contributed by atoms with E-state index in [4.69, 9.17) is 27.3 Å². The molecule has 0 aliphatic heterocycles. The van der Waals surface area contributed by atoms with Crippen LogP contribution in [-0.2, 0) is 0 Å². The first kappa shape index (κ1) is 11.6. The van der Waals surface area contributed by atoms with Crippen molar-refractivity contribution in [3.8, 4) is 5.75 Å². The maximum absolute atomic E-state index is 11.8.